The quantitative estimate of drug-likeness (QED) is 0.888. The van der Waals surface area contributed by atoms with Gasteiger partial charge in [0.2, 0.25) is 5.09 Å². The monoisotopic (exact) mass is 314 g/mol. The Morgan fingerprint density at radius 1 is 1.33 bits per heavy atom. The fourth-order valence-corrected chi connectivity index (χ4v) is 4.07. The van der Waals surface area contributed by atoms with Gasteiger partial charge in [-0.1, -0.05) is 0 Å². The minimum Gasteiger partial charge on any atom is -0.447 e. The van der Waals surface area contributed by atoms with E-state index in [0.717, 1.165) is 0 Å². The van der Waals surface area contributed by atoms with Crippen molar-refractivity contribution >= 4 is 10.0 Å². The van der Waals surface area contributed by atoms with Gasteiger partial charge in [-0.2, -0.15) is 4.31 Å². The summed E-state index contributed by atoms with van der Waals surface area (Å²) in [5.74, 6) is 0.662. The van der Waals surface area contributed by atoms with Crippen molar-refractivity contribution in [3.05, 3.63) is 17.9 Å². The summed E-state index contributed by atoms with van der Waals surface area (Å²) in [5.41, 5.74) is 0. The van der Waals surface area contributed by atoms with E-state index in [0.29, 0.717) is 31.5 Å². The number of hydrogen-bond acceptors (Lipinski definition) is 5. The molecule has 0 aromatic carbocycles. The average molecular weight is 314 g/mol. The zero-order valence-corrected chi connectivity index (χ0v) is 13.2. The topological polar surface area (TPSA) is 71.8 Å². The average Bonchev–Trinajstić information content (AvgIpc) is 3.15. The molecular formula is C14H22N2O4S. The molecule has 2 aliphatic rings. The third-order valence-corrected chi connectivity index (χ3v) is 5.75. The molecule has 2 fully saturated rings. The predicted octanol–water partition coefficient (Wildman–Crippen LogP) is 1.33. The fraction of sp³-hybridized carbons (Fsp3) is 0.714. The van der Waals surface area contributed by atoms with Crippen LogP contribution < -0.4 is 5.32 Å². The Hall–Kier alpha value is -0.890. The molecule has 0 bridgehead atoms. The number of furan rings is 1. The van der Waals surface area contributed by atoms with Gasteiger partial charge in [-0.05, 0) is 38.8 Å². The number of rotatable bonds is 5. The van der Waals surface area contributed by atoms with Crippen LogP contribution in [0.5, 0.6) is 0 Å². The van der Waals surface area contributed by atoms with Gasteiger partial charge in [0, 0.05) is 18.6 Å². The maximum absolute atomic E-state index is 12.7. The minimum absolute atomic E-state index is 0.0241. The first kappa shape index (κ1) is 15.0. The summed E-state index contributed by atoms with van der Waals surface area (Å²) in [7, 11) is -3.59. The smallest absolute Gasteiger partial charge is 0.276 e. The van der Waals surface area contributed by atoms with Crippen LogP contribution in [-0.4, -0.2) is 44.1 Å². The molecular weight excluding hydrogens is 292 g/mol. The van der Waals surface area contributed by atoms with E-state index in [1.54, 1.807) is 12.1 Å². The summed E-state index contributed by atoms with van der Waals surface area (Å²) >= 11 is 0. The lowest BCUT2D eigenvalue weighted by molar-refractivity contribution is -0.0175. The number of nitrogens with one attached hydrogen (secondary N) is 1. The second kappa shape index (κ2) is 5.72. The molecule has 1 aromatic heterocycles. The van der Waals surface area contributed by atoms with Crippen molar-refractivity contribution in [2.75, 3.05) is 13.2 Å². The molecule has 0 spiro atoms. The fourth-order valence-electron chi connectivity index (χ4n) is 2.45. The van der Waals surface area contributed by atoms with Crippen molar-refractivity contribution in [3.8, 4) is 0 Å². The van der Waals surface area contributed by atoms with Crippen LogP contribution in [0.4, 0.5) is 0 Å². The molecule has 1 aromatic rings. The highest BCUT2D eigenvalue weighted by molar-refractivity contribution is 7.89. The first-order chi connectivity index (χ1) is 9.96. The lowest BCUT2D eigenvalue weighted by Crippen LogP contribution is -2.49. The zero-order valence-electron chi connectivity index (χ0n) is 12.4. The Morgan fingerprint density at radius 3 is 2.81 bits per heavy atom. The van der Waals surface area contributed by atoms with E-state index in [2.05, 4.69) is 5.32 Å². The Labute approximate surface area is 125 Å². The highest BCUT2D eigenvalue weighted by atomic mass is 32.2. The highest BCUT2D eigenvalue weighted by Crippen LogP contribution is 2.25. The lowest BCUT2D eigenvalue weighted by atomic mass is 10.2. The Morgan fingerprint density at radius 2 is 2.10 bits per heavy atom. The largest absolute Gasteiger partial charge is 0.447 e. The number of ether oxygens (including phenoxy) is 1. The second-order valence-electron chi connectivity index (χ2n) is 5.94. The molecule has 2 heterocycles. The molecule has 1 aliphatic heterocycles. The standard InChI is InChI=1S/C14H22N2O4S/c1-10-9-19-11(2)8-16(10)21(17,18)14-6-5-13(20-14)7-15-12-3-4-12/h5-6,10-12,15H,3-4,7-9H2,1-2H3. The molecule has 21 heavy (non-hydrogen) atoms. The van der Waals surface area contributed by atoms with E-state index in [9.17, 15) is 8.42 Å². The van der Waals surface area contributed by atoms with Crippen molar-refractivity contribution in [2.24, 2.45) is 0 Å². The van der Waals surface area contributed by atoms with Gasteiger partial charge in [0.25, 0.3) is 10.0 Å². The number of hydrogen-bond donors (Lipinski definition) is 1. The van der Waals surface area contributed by atoms with Crippen molar-refractivity contribution in [2.45, 2.75) is 56.5 Å². The van der Waals surface area contributed by atoms with Crippen molar-refractivity contribution in [1.82, 2.24) is 9.62 Å². The number of morpholine rings is 1. The van der Waals surface area contributed by atoms with E-state index >= 15 is 0 Å². The molecule has 118 valence electrons. The lowest BCUT2D eigenvalue weighted by Gasteiger charge is -2.34. The van der Waals surface area contributed by atoms with E-state index in [1.165, 1.54) is 17.1 Å². The van der Waals surface area contributed by atoms with E-state index in [-0.39, 0.29) is 17.2 Å². The van der Waals surface area contributed by atoms with Crippen molar-refractivity contribution < 1.29 is 17.6 Å². The SMILES string of the molecule is CC1CN(S(=O)(=O)c2ccc(CNC3CC3)o2)C(C)CO1. The van der Waals surface area contributed by atoms with Crippen LogP contribution in [0.1, 0.15) is 32.4 Å². The molecule has 3 rings (SSSR count). The number of nitrogens with zero attached hydrogens (tertiary/aromatic N) is 1. The summed E-state index contributed by atoms with van der Waals surface area (Å²) in [6.07, 6.45) is 2.28. The van der Waals surface area contributed by atoms with Crippen LogP contribution in [0.3, 0.4) is 0 Å². The van der Waals surface area contributed by atoms with Gasteiger partial charge >= 0.3 is 0 Å². The molecule has 7 heteroatoms. The van der Waals surface area contributed by atoms with Gasteiger partial charge in [0.1, 0.15) is 5.76 Å². The Balaban J connectivity index is 1.73. The van der Waals surface area contributed by atoms with Crippen LogP contribution in [0.2, 0.25) is 0 Å². The van der Waals surface area contributed by atoms with Gasteiger partial charge in [0.05, 0.1) is 19.3 Å². The second-order valence-corrected chi connectivity index (χ2v) is 7.77. The van der Waals surface area contributed by atoms with E-state index < -0.39 is 10.0 Å². The van der Waals surface area contributed by atoms with Gasteiger partial charge < -0.3 is 14.5 Å². The van der Waals surface area contributed by atoms with Gasteiger partial charge in [0.15, 0.2) is 0 Å². The summed E-state index contributed by atoms with van der Waals surface area (Å²) in [4.78, 5) is 0. The third-order valence-electron chi connectivity index (χ3n) is 3.89. The van der Waals surface area contributed by atoms with Crippen molar-refractivity contribution in [3.63, 3.8) is 0 Å². The zero-order chi connectivity index (χ0) is 15.0. The molecule has 6 nitrogen and oxygen atoms in total. The predicted molar refractivity (Wildman–Crippen MR) is 77.3 cm³/mol. The molecule has 1 aliphatic carbocycles. The highest BCUT2D eigenvalue weighted by Gasteiger charge is 2.36. The summed E-state index contributed by atoms with van der Waals surface area (Å²) in [5, 5.41) is 3.33. The molecule has 2 atom stereocenters. The van der Waals surface area contributed by atoms with Gasteiger partial charge in [-0.25, -0.2) is 8.42 Å². The number of sulfonamides is 1. The molecule has 0 amide bonds. The Bertz CT molecular complexity index is 594. The first-order valence-corrected chi connectivity index (χ1v) is 8.86. The van der Waals surface area contributed by atoms with Crippen LogP contribution in [0, 0.1) is 0 Å². The molecule has 0 radical (unpaired) electrons. The normalized spacial score (nSPS) is 27.9. The van der Waals surface area contributed by atoms with Crippen LogP contribution >= 0.6 is 0 Å². The summed E-state index contributed by atoms with van der Waals surface area (Å²) in [6.45, 7) is 5.08. The third kappa shape index (κ3) is 3.31. The van der Waals surface area contributed by atoms with Crippen molar-refractivity contribution in [1.29, 1.82) is 0 Å². The van der Waals surface area contributed by atoms with E-state index in [1.807, 2.05) is 13.8 Å². The summed E-state index contributed by atoms with van der Waals surface area (Å²) < 4.78 is 37.8. The van der Waals surface area contributed by atoms with Crippen LogP contribution in [0.15, 0.2) is 21.6 Å². The summed E-state index contributed by atoms with van der Waals surface area (Å²) in [6, 6.07) is 3.67. The molecule has 2 unspecified atom stereocenters. The maximum atomic E-state index is 12.7. The Kier molecular flexibility index (Phi) is 4.09. The van der Waals surface area contributed by atoms with Gasteiger partial charge in [-0.3, -0.25) is 0 Å². The molecule has 1 saturated carbocycles. The van der Waals surface area contributed by atoms with Crippen LogP contribution in [-0.2, 0) is 21.3 Å². The van der Waals surface area contributed by atoms with Gasteiger partial charge in [-0.15, -0.1) is 0 Å². The molecule has 1 saturated heterocycles. The molecule has 1 N–H and O–H groups in total. The minimum atomic E-state index is -3.59. The van der Waals surface area contributed by atoms with Crippen LogP contribution in [0.25, 0.3) is 0 Å². The maximum Gasteiger partial charge on any atom is 0.276 e. The first-order valence-electron chi connectivity index (χ1n) is 7.42. The van der Waals surface area contributed by atoms with E-state index in [4.69, 9.17) is 9.15 Å².